The minimum absolute atomic E-state index is 0.243. The molecular formula is C18H30N2O. The molecule has 1 saturated carbocycles. The summed E-state index contributed by atoms with van der Waals surface area (Å²) in [4.78, 5) is 0. The lowest BCUT2D eigenvalue weighted by atomic mass is 9.75. The highest BCUT2D eigenvalue weighted by Gasteiger charge is 2.27. The summed E-state index contributed by atoms with van der Waals surface area (Å²) in [6.07, 6.45) is 9.37. The quantitative estimate of drug-likeness (QED) is 0.584. The summed E-state index contributed by atoms with van der Waals surface area (Å²) in [5.74, 6) is 8.33. The van der Waals surface area contributed by atoms with Crippen molar-refractivity contribution < 1.29 is 4.74 Å². The second kappa shape index (κ2) is 8.40. The second-order valence-corrected chi connectivity index (χ2v) is 6.34. The molecule has 1 unspecified atom stereocenters. The Bertz CT molecular complexity index is 413. The van der Waals surface area contributed by atoms with Gasteiger partial charge in [-0.3, -0.25) is 11.3 Å². The second-order valence-electron chi connectivity index (χ2n) is 6.34. The van der Waals surface area contributed by atoms with Crippen molar-refractivity contribution in [1.82, 2.24) is 5.43 Å². The third-order valence-corrected chi connectivity index (χ3v) is 4.96. The fourth-order valence-corrected chi connectivity index (χ4v) is 3.64. The molecule has 118 valence electrons. The molecule has 1 aromatic carbocycles. The first-order valence-corrected chi connectivity index (χ1v) is 8.38. The Hall–Kier alpha value is -1.06. The molecule has 0 spiro atoms. The highest BCUT2D eigenvalue weighted by molar-refractivity contribution is 5.30. The fraction of sp³-hybridized carbons (Fsp3) is 0.667. The molecule has 0 saturated heterocycles. The van der Waals surface area contributed by atoms with E-state index in [1.807, 2.05) is 12.1 Å². The van der Waals surface area contributed by atoms with Gasteiger partial charge >= 0.3 is 0 Å². The zero-order valence-corrected chi connectivity index (χ0v) is 13.5. The lowest BCUT2D eigenvalue weighted by molar-refractivity contribution is 0.213. The van der Waals surface area contributed by atoms with E-state index in [2.05, 4.69) is 24.5 Å². The van der Waals surface area contributed by atoms with Crippen molar-refractivity contribution in [3.05, 3.63) is 29.8 Å². The maximum absolute atomic E-state index is 5.85. The molecule has 1 aromatic rings. The van der Waals surface area contributed by atoms with Crippen LogP contribution in [-0.2, 0) is 0 Å². The molecule has 0 aliphatic heterocycles. The highest BCUT2D eigenvalue weighted by Crippen LogP contribution is 2.38. The van der Waals surface area contributed by atoms with Gasteiger partial charge in [-0.2, -0.15) is 0 Å². The van der Waals surface area contributed by atoms with Gasteiger partial charge in [-0.05, 0) is 42.4 Å². The van der Waals surface area contributed by atoms with Crippen molar-refractivity contribution in [2.75, 3.05) is 7.11 Å². The lowest BCUT2D eigenvalue weighted by Gasteiger charge is -2.34. The summed E-state index contributed by atoms with van der Waals surface area (Å²) in [6.45, 7) is 2.28. The molecular weight excluding hydrogens is 260 g/mol. The van der Waals surface area contributed by atoms with E-state index in [4.69, 9.17) is 10.6 Å². The summed E-state index contributed by atoms with van der Waals surface area (Å²) in [5, 5.41) is 0. The third-order valence-electron chi connectivity index (χ3n) is 4.96. The summed E-state index contributed by atoms with van der Waals surface area (Å²) in [5.41, 5.74) is 4.29. The van der Waals surface area contributed by atoms with Crippen molar-refractivity contribution in [2.45, 2.75) is 57.9 Å². The van der Waals surface area contributed by atoms with Gasteiger partial charge in [0.2, 0.25) is 0 Å². The number of hydrogen-bond acceptors (Lipinski definition) is 3. The zero-order chi connectivity index (χ0) is 15.1. The highest BCUT2D eigenvalue weighted by atomic mass is 16.5. The Balaban J connectivity index is 1.96. The normalized spacial score (nSPS) is 23.8. The maximum Gasteiger partial charge on any atom is 0.119 e. The molecule has 1 aliphatic carbocycles. The van der Waals surface area contributed by atoms with Crippen LogP contribution >= 0.6 is 0 Å². The van der Waals surface area contributed by atoms with E-state index in [9.17, 15) is 0 Å². The molecule has 3 heteroatoms. The topological polar surface area (TPSA) is 47.3 Å². The minimum Gasteiger partial charge on any atom is -0.497 e. The molecule has 0 amide bonds. The van der Waals surface area contributed by atoms with E-state index < -0.39 is 0 Å². The summed E-state index contributed by atoms with van der Waals surface area (Å²) >= 11 is 0. The predicted octanol–water partition coefficient (Wildman–Crippen LogP) is 4.20. The average molecular weight is 290 g/mol. The van der Waals surface area contributed by atoms with Crippen LogP contribution in [-0.4, -0.2) is 7.11 Å². The molecule has 2 rings (SSSR count). The molecule has 1 fully saturated rings. The number of nitrogens with two attached hydrogens (primary N) is 1. The lowest BCUT2D eigenvalue weighted by Crippen LogP contribution is -2.35. The van der Waals surface area contributed by atoms with Crippen LogP contribution in [0.4, 0.5) is 0 Å². The van der Waals surface area contributed by atoms with Crippen LogP contribution in [0.1, 0.15) is 63.5 Å². The van der Waals surface area contributed by atoms with Crippen LogP contribution < -0.4 is 16.0 Å². The summed E-state index contributed by atoms with van der Waals surface area (Å²) in [6, 6.07) is 8.53. The van der Waals surface area contributed by atoms with Gasteiger partial charge in [0.25, 0.3) is 0 Å². The molecule has 0 bridgehead atoms. The van der Waals surface area contributed by atoms with E-state index in [1.165, 1.54) is 50.5 Å². The molecule has 0 radical (unpaired) electrons. The van der Waals surface area contributed by atoms with Crippen LogP contribution in [0.2, 0.25) is 0 Å². The largest absolute Gasteiger partial charge is 0.497 e. The number of methoxy groups -OCH3 is 1. The standard InChI is InChI=1S/C18H30N2O/c1-3-4-6-14-9-11-15(12-10-14)18(20-19)16-7-5-8-17(13-16)21-2/h5,7-8,13-15,18,20H,3-4,6,9-12,19H2,1-2H3. The Morgan fingerprint density at radius 1 is 1.29 bits per heavy atom. The number of benzene rings is 1. The van der Waals surface area contributed by atoms with Crippen LogP contribution in [0.25, 0.3) is 0 Å². The predicted molar refractivity (Wildman–Crippen MR) is 88.0 cm³/mol. The first-order chi connectivity index (χ1) is 10.3. The van der Waals surface area contributed by atoms with Crippen LogP contribution in [0.15, 0.2) is 24.3 Å². The van der Waals surface area contributed by atoms with Crippen LogP contribution in [0.5, 0.6) is 5.75 Å². The van der Waals surface area contributed by atoms with Crippen LogP contribution in [0.3, 0.4) is 0 Å². The van der Waals surface area contributed by atoms with Gasteiger partial charge < -0.3 is 4.74 Å². The Labute approximate surface area is 129 Å². The summed E-state index contributed by atoms with van der Waals surface area (Å²) < 4.78 is 5.33. The Morgan fingerprint density at radius 2 is 2.05 bits per heavy atom. The molecule has 1 aliphatic rings. The Morgan fingerprint density at radius 3 is 2.67 bits per heavy atom. The van der Waals surface area contributed by atoms with Gasteiger partial charge in [0.1, 0.15) is 5.75 Å². The van der Waals surface area contributed by atoms with Gasteiger partial charge in [0, 0.05) is 6.04 Å². The van der Waals surface area contributed by atoms with Gasteiger partial charge in [-0.1, -0.05) is 51.2 Å². The van der Waals surface area contributed by atoms with E-state index >= 15 is 0 Å². The number of hydrazine groups is 1. The van der Waals surface area contributed by atoms with E-state index in [0.29, 0.717) is 5.92 Å². The van der Waals surface area contributed by atoms with Crippen molar-refractivity contribution >= 4 is 0 Å². The van der Waals surface area contributed by atoms with Gasteiger partial charge in [0.15, 0.2) is 0 Å². The molecule has 21 heavy (non-hydrogen) atoms. The van der Waals surface area contributed by atoms with E-state index in [1.54, 1.807) is 7.11 Å². The number of unbranched alkanes of at least 4 members (excludes halogenated alkanes) is 1. The molecule has 0 heterocycles. The number of ether oxygens (including phenoxy) is 1. The third kappa shape index (κ3) is 4.45. The van der Waals surface area contributed by atoms with Gasteiger partial charge in [-0.15, -0.1) is 0 Å². The minimum atomic E-state index is 0.243. The van der Waals surface area contributed by atoms with E-state index in [0.717, 1.165) is 11.7 Å². The number of hydrogen-bond donors (Lipinski definition) is 2. The maximum atomic E-state index is 5.85. The first kappa shape index (κ1) is 16.3. The van der Waals surface area contributed by atoms with E-state index in [-0.39, 0.29) is 6.04 Å². The van der Waals surface area contributed by atoms with Crippen molar-refractivity contribution in [3.8, 4) is 5.75 Å². The first-order valence-electron chi connectivity index (χ1n) is 8.38. The Kier molecular flexibility index (Phi) is 6.52. The fourth-order valence-electron chi connectivity index (χ4n) is 3.64. The smallest absolute Gasteiger partial charge is 0.119 e. The monoisotopic (exact) mass is 290 g/mol. The molecule has 0 aromatic heterocycles. The zero-order valence-electron chi connectivity index (χ0n) is 13.5. The van der Waals surface area contributed by atoms with Gasteiger partial charge in [-0.25, -0.2) is 0 Å². The van der Waals surface area contributed by atoms with Crippen molar-refractivity contribution in [3.63, 3.8) is 0 Å². The van der Waals surface area contributed by atoms with Crippen molar-refractivity contribution in [2.24, 2.45) is 17.7 Å². The van der Waals surface area contributed by atoms with Crippen molar-refractivity contribution in [1.29, 1.82) is 0 Å². The number of rotatable bonds is 7. The van der Waals surface area contributed by atoms with Gasteiger partial charge in [0.05, 0.1) is 7.11 Å². The number of nitrogens with one attached hydrogen (secondary N) is 1. The summed E-state index contributed by atoms with van der Waals surface area (Å²) in [7, 11) is 1.71. The molecule has 3 N–H and O–H groups in total. The average Bonchev–Trinajstić information content (AvgIpc) is 2.55. The van der Waals surface area contributed by atoms with Crippen LogP contribution in [0, 0.1) is 11.8 Å². The molecule has 1 atom stereocenters. The SMILES string of the molecule is CCCCC1CCC(C(NN)c2cccc(OC)c2)CC1. The molecule has 3 nitrogen and oxygen atoms in total.